The fourth-order valence-electron chi connectivity index (χ4n) is 2.63. The molecule has 0 bridgehead atoms. The fraction of sp³-hybridized carbons (Fsp3) is 0.105. The van der Waals surface area contributed by atoms with Crippen LogP contribution in [0, 0.1) is 6.92 Å². The number of nitrogens with zero attached hydrogens (tertiary/aromatic N) is 1. The summed E-state index contributed by atoms with van der Waals surface area (Å²) in [7, 11) is 0. The molecule has 0 spiro atoms. The van der Waals surface area contributed by atoms with Gasteiger partial charge in [0.05, 0.1) is 4.47 Å². The van der Waals surface area contributed by atoms with Crippen molar-refractivity contribution in [3.05, 3.63) is 62.2 Å². The van der Waals surface area contributed by atoms with Gasteiger partial charge in [0.1, 0.15) is 18.0 Å². The second kappa shape index (κ2) is 8.15. The van der Waals surface area contributed by atoms with Crippen LogP contribution < -0.4 is 10.6 Å². The summed E-state index contributed by atoms with van der Waals surface area (Å²) in [5, 5.41) is 15.2. The number of phenolic OH excluding ortho intramolecular Hbond substituents is 1. The number of rotatable bonds is 4. The largest absolute Gasteiger partial charge is 0.506 e. The van der Waals surface area contributed by atoms with E-state index in [1.165, 1.54) is 6.08 Å². The number of aryl methyl sites for hydroxylation is 1. The summed E-state index contributed by atoms with van der Waals surface area (Å²) in [4.78, 5) is 37.7. The highest BCUT2D eigenvalue weighted by molar-refractivity contribution is 9.11. The fourth-order valence-corrected chi connectivity index (χ4v) is 3.89. The normalized spacial score (nSPS) is 15.1. The molecule has 1 fully saturated rings. The average molecular weight is 509 g/mol. The molecular formula is C19H15Br2N3O4. The van der Waals surface area contributed by atoms with E-state index >= 15 is 0 Å². The van der Waals surface area contributed by atoms with Crippen molar-refractivity contribution in [1.29, 1.82) is 0 Å². The summed E-state index contributed by atoms with van der Waals surface area (Å²) in [6, 6.07) is 9.72. The molecular weight excluding hydrogens is 494 g/mol. The molecule has 144 valence electrons. The molecule has 0 aromatic heterocycles. The minimum absolute atomic E-state index is 0.0337. The molecule has 3 N–H and O–H groups in total. The minimum Gasteiger partial charge on any atom is -0.506 e. The smallest absolute Gasteiger partial charge is 0.329 e. The molecule has 0 radical (unpaired) electrons. The van der Waals surface area contributed by atoms with E-state index in [4.69, 9.17) is 0 Å². The second-order valence-electron chi connectivity index (χ2n) is 6.12. The van der Waals surface area contributed by atoms with E-state index in [9.17, 15) is 19.5 Å². The maximum atomic E-state index is 12.5. The van der Waals surface area contributed by atoms with Crippen LogP contribution in [0.1, 0.15) is 11.1 Å². The van der Waals surface area contributed by atoms with Crippen LogP contribution in [0.25, 0.3) is 6.08 Å². The van der Waals surface area contributed by atoms with Gasteiger partial charge in [-0.1, -0.05) is 28.1 Å². The number of hydrogen-bond acceptors (Lipinski definition) is 4. The van der Waals surface area contributed by atoms with Crippen molar-refractivity contribution in [3.8, 4) is 5.75 Å². The lowest BCUT2D eigenvalue weighted by Gasteiger charge is -2.12. The van der Waals surface area contributed by atoms with E-state index in [0.717, 1.165) is 10.5 Å². The van der Waals surface area contributed by atoms with Crippen molar-refractivity contribution < 1.29 is 19.5 Å². The molecule has 1 heterocycles. The van der Waals surface area contributed by atoms with E-state index in [0.29, 0.717) is 20.2 Å². The number of anilines is 1. The van der Waals surface area contributed by atoms with Crippen LogP contribution in [0.3, 0.4) is 0 Å². The Balaban J connectivity index is 1.76. The Morgan fingerprint density at radius 2 is 2.00 bits per heavy atom. The third-order valence-electron chi connectivity index (χ3n) is 3.92. The van der Waals surface area contributed by atoms with Gasteiger partial charge in [0, 0.05) is 15.7 Å². The van der Waals surface area contributed by atoms with Gasteiger partial charge in [-0.3, -0.25) is 9.59 Å². The first-order valence-electron chi connectivity index (χ1n) is 8.13. The Labute approximate surface area is 177 Å². The maximum Gasteiger partial charge on any atom is 0.329 e. The number of imide groups is 1. The van der Waals surface area contributed by atoms with Crippen LogP contribution >= 0.6 is 31.9 Å². The highest BCUT2D eigenvalue weighted by Crippen LogP contribution is 2.33. The van der Waals surface area contributed by atoms with E-state index in [-0.39, 0.29) is 11.4 Å². The van der Waals surface area contributed by atoms with Crippen molar-refractivity contribution in [2.24, 2.45) is 0 Å². The average Bonchev–Trinajstić information content (AvgIpc) is 2.86. The van der Waals surface area contributed by atoms with Gasteiger partial charge in [0.15, 0.2) is 0 Å². The molecule has 1 aliphatic heterocycles. The second-order valence-corrected chi connectivity index (χ2v) is 7.89. The van der Waals surface area contributed by atoms with E-state index in [2.05, 4.69) is 42.5 Å². The third kappa shape index (κ3) is 4.42. The van der Waals surface area contributed by atoms with Gasteiger partial charge in [-0.2, -0.15) is 0 Å². The first-order valence-corrected chi connectivity index (χ1v) is 9.72. The summed E-state index contributed by atoms with van der Waals surface area (Å²) >= 11 is 6.51. The van der Waals surface area contributed by atoms with Crippen LogP contribution in [-0.4, -0.2) is 34.4 Å². The van der Waals surface area contributed by atoms with Crippen molar-refractivity contribution in [2.75, 3.05) is 11.9 Å². The zero-order valence-corrected chi connectivity index (χ0v) is 17.8. The lowest BCUT2D eigenvalue weighted by molar-refractivity contribution is -0.127. The maximum absolute atomic E-state index is 12.5. The van der Waals surface area contributed by atoms with Crippen LogP contribution in [0.2, 0.25) is 0 Å². The lowest BCUT2D eigenvalue weighted by atomic mass is 10.1. The Morgan fingerprint density at radius 3 is 2.71 bits per heavy atom. The summed E-state index contributed by atoms with van der Waals surface area (Å²) in [6.07, 6.45) is 1.35. The van der Waals surface area contributed by atoms with Gasteiger partial charge in [0.2, 0.25) is 5.91 Å². The Bertz CT molecular complexity index is 1020. The molecule has 0 atom stereocenters. The van der Waals surface area contributed by atoms with Gasteiger partial charge in [-0.05, 0) is 58.8 Å². The number of carbonyl (C=O) groups excluding carboxylic acids is 3. The number of amides is 4. The Hall–Kier alpha value is -2.65. The zero-order valence-electron chi connectivity index (χ0n) is 14.6. The lowest BCUT2D eigenvalue weighted by Crippen LogP contribution is -2.38. The molecule has 1 aliphatic rings. The Kier molecular flexibility index (Phi) is 5.85. The molecule has 2 aromatic carbocycles. The van der Waals surface area contributed by atoms with Crippen molar-refractivity contribution >= 4 is 61.5 Å². The summed E-state index contributed by atoms with van der Waals surface area (Å²) < 4.78 is 1.11. The Morgan fingerprint density at radius 1 is 1.25 bits per heavy atom. The number of benzene rings is 2. The van der Waals surface area contributed by atoms with Gasteiger partial charge in [0.25, 0.3) is 5.91 Å². The number of hydrogen-bond donors (Lipinski definition) is 3. The number of nitrogens with one attached hydrogen (secondary N) is 2. The monoisotopic (exact) mass is 507 g/mol. The number of halogens is 2. The molecule has 28 heavy (non-hydrogen) atoms. The summed E-state index contributed by atoms with van der Waals surface area (Å²) in [6.45, 7) is 1.46. The van der Waals surface area contributed by atoms with Gasteiger partial charge < -0.3 is 15.7 Å². The SMILES string of the molecule is Cc1cccc(NC(=O)CN2C(=O)N/C(=C/c3cc(Br)cc(Br)c3O)C2=O)c1. The van der Waals surface area contributed by atoms with Gasteiger partial charge in [-0.25, -0.2) is 9.69 Å². The standard InChI is InChI=1S/C19H15Br2N3O4/c1-10-3-2-4-13(5-10)22-16(25)9-24-18(27)15(23-19(24)28)7-11-6-12(20)8-14(21)17(11)26/h2-8,26H,9H2,1H3,(H,22,25)(H,23,28)/b15-7+. The van der Waals surface area contributed by atoms with Crippen LogP contribution in [-0.2, 0) is 9.59 Å². The number of urea groups is 1. The van der Waals surface area contributed by atoms with Crippen molar-refractivity contribution in [3.63, 3.8) is 0 Å². The van der Waals surface area contributed by atoms with E-state index < -0.39 is 24.4 Å². The van der Waals surface area contributed by atoms with E-state index in [1.807, 2.05) is 13.0 Å². The number of carbonyl (C=O) groups is 3. The molecule has 0 unspecified atom stereocenters. The predicted molar refractivity (Wildman–Crippen MR) is 112 cm³/mol. The van der Waals surface area contributed by atoms with Crippen molar-refractivity contribution in [1.82, 2.24) is 10.2 Å². The van der Waals surface area contributed by atoms with Crippen LogP contribution in [0.5, 0.6) is 5.75 Å². The van der Waals surface area contributed by atoms with Gasteiger partial charge >= 0.3 is 6.03 Å². The third-order valence-corrected chi connectivity index (χ3v) is 4.99. The van der Waals surface area contributed by atoms with E-state index in [1.54, 1.807) is 30.3 Å². The number of phenols is 1. The molecule has 0 aliphatic carbocycles. The molecule has 4 amide bonds. The first-order chi connectivity index (χ1) is 13.2. The van der Waals surface area contributed by atoms with Gasteiger partial charge in [-0.15, -0.1) is 0 Å². The highest BCUT2D eigenvalue weighted by Gasteiger charge is 2.35. The first kappa shape index (κ1) is 20.1. The van der Waals surface area contributed by atoms with Crippen LogP contribution in [0.4, 0.5) is 10.5 Å². The summed E-state index contributed by atoms with van der Waals surface area (Å²) in [5.41, 5.74) is 1.85. The zero-order chi connectivity index (χ0) is 20.4. The number of aromatic hydroxyl groups is 1. The molecule has 2 aromatic rings. The minimum atomic E-state index is -0.704. The topological polar surface area (TPSA) is 98.7 Å². The van der Waals surface area contributed by atoms with Crippen molar-refractivity contribution in [2.45, 2.75) is 6.92 Å². The molecule has 0 saturated carbocycles. The predicted octanol–water partition coefficient (Wildman–Crippen LogP) is 3.76. The quantitative estimate of drug-likeness (QED) is 0.432. The molecule has 3 rings (SSSR count). The summed E-state index contributed by atoms with van der Waals surface area (Å²) in [5.74, 6) is -1.23. The molecule has 1 saturated heterocycles. The van der Waals surface area contributed by atoms with Crippen LogP contribution in [0.15, 0.2) is 51.0 Å². The highest BCUT2D eigenvalue weighted by atomic mass is 79.9. The molecule has 7 nitrogen and oxygen atoms in total. The molecule has 9 heteroatoms.